The molecule has 0 aromatic rings. The number of carbonyl (C=O) groups is 2. The van der Waals surface area contributed by atoms with Crippen molar-refractivity contribution in [2.75, 3.05) is 33.2 Å². The highest BCUT2D eigenvalue weighted by molar-refractivity contribution is 5.76. The lowest BCUT2D eigenvalue weighted by Gasteiger charge is -2.11. The van der Waals surface area contributed by atoms with Crippen molar-refractivity contribution in [2.24, 2.45) is 5.92 Å². The Kier molecular flexibility index (Phi) is 4.39. The van der Waals surface area contributed by atoms with Gasteiger partial charge in [0.25, 0.3) is 0 Å². The van der Waals surface area contributed by atoms with Gasteiger partial charge >= 0.3 is 6.03 Å². The molecule has 1 fully saturated rings. The molecule has 1 unspecified atom stereocenters. The Labute approximate surface area is 83.8 Å². The number of hydrogen-bond acceptors (Lipinski definition) is 3. The lowest BCUT2D eigenvalue weighted by Crippen LogP contribution is -2.39. The van der Waals surface area contributed by atoms with Crippen LogP contribution in [0.5, 0.6) is 0 Å². The van der Waals surface area contributed by atoms with Crippen LogP contribution in [0.1, 0.15) is 6.42 Å². The van der Waals surface area contributed by atoms with Gasteiger partial charge in [-0.2, -0.15) is 0 Å². The van der Waals surface area contributed by atoms with E-state index in [0.717, 1.165) is 19.5 Å². The Hall–Kier alpha value is -1.10. The highest BCUT2D eigenvalue weighted by Crippen LogP contribution is 2.12. The van der Waals surface area contributed by atoms with E-state index in [1.54, 1.807) is 0 Å². The molecule has 1 saturated heterocycles. The van der Waals surface area contributed by atoms with Crippen LogP contribution in [0.25, 0.3) is 0 Å². The fourth-order valence-electron chi connectivity index (χ4n) is 1.63. The van der Waals surface area contributed by atoms with Crippen LogP contribution >= 0.6 is 0 Å². The zero-order chi connectivity index (χ0) is 10.4. The summed E-state index contributed by atoms with van der Waals surface area (Å²) < 4.78 is 0. The maximum atomic E-state index is 11.0. The Balaban J connectivity index is 2.08. The molecule has 1 heterocycles. The SMILES string of the molecule is CN1CCC(CNC(=O)NCC=O)C1. The molecule has 2 N–H and O–H groups in total. The zero-order valence-corrected chi connectivity index (χ0v) is 8.45. The van der Waals surface area contributed by atoms with E-state index < -0.39 is 0 Å². The smallest absolute Gasteiger partial charge is 0.315 e. The molecular weight excluding hydrogens is 182 g/mol. The number of urea groups is 1. The first-order valence-corrected chi connectivity index (χ1v) is 4.86. The van der Waals surface area contributed by atoms with Crippen LogP contribution in [0.3, 0.4) is 0 Å². The molecule has 1 aliphatic heterocycles. The first-order chi connectivity index (χ1) is 6.72. The summed E-state index contributed by atoms with van der Waals surface area (Å²) in [4.78, 5) is 23.3. The molecule has 0 bridgehead atoms. The van der Waals surface area contributed by atoms with Crippen molar-refractivity contribution in [1.82, 2.24) is 15.5 Å². The maximum Gasteiger partial charge on any atom is 0.315 e. The molecule has 1 atom stereocenters. The highest BCUT2D eigenvalue weighted by Gasteiger charge is 2.19. The highest BCUT2D eigenvalue weighted by atomic mass is 16.2. The number of amides is 2. The topological polar surface area (TPSA) is 61.4 Å². The Morgan fingerprint density at radius 1 is 1.57 bits per heavy atom. The molecule has 0 saturated carbocycles. The quantitative estimate of drug-likeness (QED) is 0.596. The summed E-state index contributed by atoms with van der Waals surface area (Å²) in [6, 6.07) is -0.258. The third kappa shape index (κ3) is 3.74. The molecule has 0 aliphatic carbocycles. The van der Waals surface area contributed by atoms with Crippen molar-refractivity contribution in [1.29, 1.82) is 0 Å². The second-order valence-electron chi connectivity index (χ2n) is 3.67. The van der Waals surface area contributed by atoms with Gasteiger partial charge in [0.15, 0.2) is 0 Å². The van der Waals surface area contributed by atoms with Crippen LogP contribution in [0, 0.1) is 5.92 Å². The van der Waals surface area contributed by atoms with Gasteiger partial charge in [0.2, 0.25) is 0 Å². The number of rotatable bonds is 4. The molecule has 5 nitrogen and oxygen atoms in total. The summed E-state index contributed by atoms with van der Waals surface area (Å²) in [5.41, 5.74) is 0. The lowest BCUT2D eigenvalue weighted by atomic mass is 10.1. The van der Waals surface area contributed by atoms with Gasteiger partial charge in [-0.1, -0.05) is 0 Å². The van der Waals surface area contributed by atoms with Gasteiger partial charge < -0.3 is 20.3 Å². The number of aldehydes is 1. The van der Waals surface area contributed by atoms with E-state index >= 15 is 0 Å². The average molecular weight is 199 g/mol. The minimum atomic E-state index is -0.258. The molecule has 5 heteroatoms. The lowest BCUT2D eigenvalue weighted by molar-refractivity contribution is -0.107. The standard InChI is InChI=1S/C9H17N3O2/c1-12-4-2-8(7-12)6-11-9(14)10-3-5-13/h5,8H,2-4,6-7H2,1H3,(H2,10,11,14). The van der Waals surface area contributed by atoms with Crippen LogP contribution < -0.4 is 10.6 Å². The minimum absolute atomic E-state index is 0.0798. The first-order valence-electron chi connectivity index (χ1n) is 4.86. The number of nitrogens with one attached hydrogen (secondary N) is 2. The molecule has 1 aliphatic rings. The molecule has 0 aromatic heterocycles. The molecule has 1 rings (SSSR count). The summed E-state index contributed by atoms with van der Waals surface area (Å²) in [6.45, 7) is 2.90. The third-order valence-electron chi connectivity index (χ3n) is 2.39. The van der Waals surface area contributed by atoms with E-state index in [9.17, 15) is 9.59 Å². The molecule has 80 valence electrons. The Bertz CT molecular complexity index is 208. The first kappa shape index (κ1) is 11.0. The minimum Gasteiger partial charge on any atom is -0.338 e. The van der Waals surface area contributed by atoms with Gasteiger partial charge in [0.05, 0.1) is 6.54 Å². The predicted molar refractivity (Wildman–Crippen MR) is 53.1 cm³/mol. The number of carbonyl (C=O) groups excluding carboxylic acids is 2. The third-order valence-corrected chi connectivity index (χ3v) is 2.39. The molecular formula is C9H17N3O2. The fraction of sp³-hybridized carbons (Fsp3) is 0.778. The molecule has 0 spiro atoms. The predicted octanol–water partition coefficient (Wildman–Crippen LogP) is -0.564. The fourth-order valence-corrected chi connectivity index (χ4v) is 1.63. The summed E-state index contributed by atoms with van der Waals surface area (Å²) in [5.74, 6) is 0.544. The molecule has 2 amide bonds. The van der Waals surface area contributed by atoms with Crippen molar-refractivity contribution in [3.05, 3.63) is 0 Å². The van der Waals surface area contributed by atoms with E-state index in [0.29, 0.717) is 18.7 Å². The van der Waals surface area contributed by atoms with Gasteiger partial charge in [0.1, 0.15) is 6.29 Å². The van der Waals surface area contributed by atoms with Crippen LogP contribution in [0.15, 0.2) is 0 Å². The van der Waals surface area contributed by atoms with E-state index in [1.165, 1.54) is 0 Å². The van der Waals surface area contributed by atoms with E-state index in [-0.39, 0.29) is 12.6 Å². The monoisotopic (exact) mass is 199 g/mol. The zero-order valence-electron chi connectivity index (χ0n) is 8.45. The second kappa shape index (κ2) is 5.59. The summed E-state index contributed by atoms with van der Waals surface area (Å²) >= 11 is 0. The Morgan fingerprint density at radius 2 is 2.36 bits per heavy atom. The second-order valence-corrected chi connectivity index (χ2v) is 3.67. The summed E-state index contributed by atoms with van der Waals surface area (Å²) in [6.07, 6.45) is 1.80. The number of likely N-dealkylation sites (tertiary alicyclic amines) is 1. The molecule has 0 aromatic carbocycles. The molecule has 0 radical (unpaired) electrons. The van der Waals surface area contributed by atoms with Crippen LogP contribution in [0.4, 0.5) is 4.79 Å². The van der Waals surface area contributed by atoms with Gasteiger partial charge in [-0.25, -0.2) is 4.79 Å². The van der Waals surface area contributed by atoms with Gasteiger partial charge in [-0.05, 0) is 25.9 Å². The largest absolute Gasteiger partial charge is 0.338 e. The number of hydrogen-bond donors (Lipinski definition) is 2. The normalized spacial score (nSPS) is 21.9. The van der Waals surface area contributed by atoms with Crippen molar-refractivity contribution < 1.29 is 9.59 Å². The summed E-state index contributed by atoms with van der Waals surface area (Å²) in [7, 11) is 2.08. The van der Waals surface area contributed by atoms with Crippen molar-refractivity contribution in [3.8, 4) is 0 Å². The van der Waals surface area contributed by atoms with Crippen LogP contribution in [-0.4, -0.2) is 50.4 Å². The summed E-state index contributed by atoms with van der Waals surface area (Å²) in [5, 5.41) is 5.18. The van der Waals surface area contributed by atoms with E-state index in [4.69, 9.17) is 0 Å². The van der Waals surface area contributed by atoms with Gasteiger partial charge in [-0.3, -0.25) is 0 Å². The van der Waals surface area contributed by atoms with Crippen LogP contribution in [0.2, 0.25) is 0 Å². The average Bonchev–Trinajstić information content (AvgIpc) is 2.58. The van der Waals surface area contributed by atoms with Crippen molar-refractivity contribution >= 4 is 12.3 Å². The Morgan fingerprint density at radius 3 is 2.93 bits per heavy atom. The maximum absolute atomic E-state index is 11.0. The van der Waals surface area contributed by atoms with E-state index in [2.05, 4.69) is 22.6 Å². The number of nitrogens with zero attached hydrogens (tertiary/aromatic N) is 1. The molecule has 14 heavy (non-hydrogen) atoms. The van der Waals surface area contributed by atoms with Gasteiger partial charge in [-0.15, -0.1) is 0 Å². The van der Waals surface area contributed by atoms with Crippen molar-refractivity contribution in [2.45, 2.75) is 6.42 Å². The van der Waals surface area contributed by atoms with Gasteiger partial charge in [0, 0.05) is 13.1 Å². The van der Waals surface area contributed by atoms with E-state index in [1.807, 2.05) is 0 Å². The van der Waals surface area contributed by atoms with Crippen LogP contribution in [-0.2, 0) is 4.79 Å². The van der Waals surface area contributed by atoms with Crippen molar-refractivity contribution in [3.63, 3.8) is 0 Å².